The molecule has 2 aliphatic heterocycles. The maximum Gasteiger partial charge on any atom is 0.227 e. The number of anilines is 1. The van der Waals surface area contributed by atoms with E-state index < -0.39 is 0 Å². The molecule has 0 radical (unpaired) electrons. The molecule has 4 unspecified atom stereocenters. The van der Waals surface area contributed by atoms with Gasteiger partial charge in [0.25, 0.3) is 0 Å². The van der Waals surface area contributed by atoms with Crippen molar-refractivity contribution in [3.05, 3.63) is 35.5 Å². The number of benzene rings is 1. The fourth-order valence-electron chi connectivity index (χ4n) is 6.04. The molecule has 0 spiro atoms. The SMILES string of the molecule is Cc1ccc2c(n1)oc1c(N3C(C)C4(C)CCC3(C)CC4C)c(C)ccc12. The summed E-state index contributed by atoms with van der Waals surface area (Å²) >= 11 is 0. The molecule has 1 aliphatic carbocycles. The van der Waals surface area contributed by atoms with Crippen LogP contribution in [0.4, 0.5) is 5.69 Å². The van der Waals surface area contributed by atoms with Crippen molar-refractivity contribution >= 4 is 27.8 Å². The van der Waals surface area contributed by atoms with Gasteiger partial charge in [-0.2, -0.15) is 0 Å². The highest BCUT2D eigenvalue weighted by molar-refractivity contribution is 6.08. The Hall–Kier alpha value is -2.03. The lowest BCUT2D eigenvalue weighted by atomic mass is 9.54. The molecule has 1 saturated carbocycles. The molecule has 4 atom stereocenters. The average Bonchev–Trinajstić information content (AvgIpc) is 2.97. The van der Waals surface area contributed by atoms with E-state index in [0.717, 1.165) is 28.3 Å². The Balaban J connectivity index is 1.80. The van der Waals surface area contributed by atoms with Gasteiger partial charge in [0.2, 0.25) is 5.71 Å². The third-order valence-electron chi connectivity index (χ3n) is 8.06. The second-order valence-corrected chi connectivity index (χ2v) is 9.67. The molecule has 27 heavy (non-hydrogen) atoms. The van der Waals surface area contributed by atoms with Crippen molar-refractivity contribution in [2.75, 3.05) is 4.90 Å². The molecule has 3 nitrogen and oxygen atoms in total. The predicted molar refractivity (Wildman–Crippen MR) is 112 cm³/mol. The molecule has 0 N–H and O–H groups in total. The molecule has 3 heteroatoms. The third-order valence-corrected chi connectivity index (χ3v) is 8.06. The number of furan rings is 1. The van der Waals surface area contributed by atoms with Gasteiger partial charge in [-0.1, -0.05) is 26.0 Å². The normalized spacial score (nSPS) is 33.3. The van der Waals surface area contributed by atoms with Crippen molar-refractivity contribution in [2.24, 2.45) is 11.3 Å². The summed E-state index contributed by atoms with van der Waals surface area (Å²) < 4.78 is 6.41. The smallest absolute Gasteiger partial charge is 0.227 e. The number of hydrogen-bond donors (Lipinski definition) is 0. The average molecular weight is 363 g/mol. The molecule has 3 aliphatic rings. The van der Waals surface area contributed by atoms with Crippen molar-refractivity contribution < 1.29 is 4.42 Å². The molecule has 142 valence electrons. The molecule has 0 amide bonds. The van der Waals surface area contributed by atoms with Crippen molar-refractivity contribution in [1.82, 2.24) is 4.98 Å². The lowest BCUT2D eigenvalue weighted by Gasteiger charge is -2.65. The molecule has 2 bridgehead atoms. The lowest BCUT2D eigenvalue weighted by molar-refractivity contribution is -0.00496. The predicted octanol–water partition coefficient (Wildman–Crippen LogP) is 6.39. The molecular weight excluding hydrogens is 332 g/mol. The van der Waals surface area contributed by atoms with E-state index in [-0.39, 0.29) is 5.54 Å². The van der Waals surface area contributed by atoms with Crippen LogP contribution >= 0.6 is 0 Å². The Labute approximate surface area is 161 Å². The molecular formula is C24H30N2O. The Morgan fingerprint density at radius 1 is 1.04 bits per heavy atom. The van der Waals surface area contributed by atoms with E-state index in [4.69, 9.17) is 4.42 Å². The standard InChI is InChI=1S/C24H30N2O/c1-14-7-9-18-19-10-8-16(3)25-22(19)27-21(18)20(14)26-17(4)24(6)12-11-23(26,5)13-15(24)2/h7-10,15,17H,11-13H2,1-6H3. The number of aromatic nitrogens is 1. The minimum Gasteiger partial charge on any atom is -0.436 e. The molecule has 3 aromatic rings. The van der Waals surface area contributed by atoms with Gasteiger partial charge in [0.15, 0.2) is 5.58 Å². The van der Waals surface area contributed by atoms with Gasteiger partial charge in [-0.05, 0) is 76.0 Å². The first-order chi connectivity index (χ1) is 12.7. The highest BCUT2D eigenvalue weighted by Gasteiger charge is 2.57. The summed E-state index contributed by atoms with van der Waals surface area (Å²) in [4.78, 5) is 7.37. The summed E-state index contributed by atoms with van der Waals surface area (Å²) in [6, 6.07) is 9.19. The van der Waals surface area contributed by atoms with Gasteiger partial charge in [0, 0.05) is 28.0 Å². The Bertz CT molecular complexity index is 1070. The van der Waals surface area contributed by atoms with Crippen LogP contribution in [0.3, 0.4) is 0 Å². The summed E-state index contributed by atoms with van der Waals surface area (Å²) in [7, 11) is 0. The van der Waals surface area contributed by atoms with E-state index in [2.05, 4.69) is 68.8 Å². The first kappa shape index (κ1) is 17.1. The molecule has 1 aromatic carbocycles. The number of pyridine rings is 1. The minimum atomic E-state index is 0.192. The number of hydrogen-bond acceptors (Lipinski definition) is 3. The highest BCUT2D eigenvalue weighted by atomic mass is 16.3. The highest BCUT2D eigenvalue weighted by Crippen LogP contribution is 2.59. The first-order valence-electron chi connectivity index (χ1n) is 10.3. The summed E-state index contributed by atoms with van der Waals surface area (Å²) in [5.74, 6) is 0.752. The first-order valence-corrected chi connectivity index (χ1v) is 10.3. The van der Waals surface area contributed by atoms with Gasteiger partial charge >= 0.3 is 0 Å². The van der Waals surface area contributed by atoms with E-state index in [1.165, 1.54) is 35.9 Å². The summed E-state index contributed by atoms with van der Waals surface area (Å²) in [5.41, 5.74) is 5.91. The van der Waals surface area contributed by atoms with E-state index in [0.29, 0.717) is 11.5 Å². The van der Waals surface area contributed by atoms with Crippen LogP contribution in [0, 0.1) is 25.2 Å². The van der Waals surface area contributed by atoms with Crippen LogP contribution in [0.5, 0.6) is 0 Å². The van der Waals surface area contributed by atoms with Gasteiger partial charge < -0.3 is 9.32 Å². The Kier molecular flexibility index (Phi) is 3.34. The van der Waals surface area contributed by atoms with Gasteiger partial charge in [-0.25, -0.2) is 4.98 Å². The van der Waals surface area contributed by atoms with Gasteiger partial charge in [-0.3, -0.25) is 0 Å². The molecule has 2 aromatic heterocycles. The van der Waals surface area contributed by atoms with Crippen LogP contribution in [0.15, 0.2) is 28.7 Å². The number of piperidine rings is 2. The van der Waals surface area contributed by atoms with Crippen LogP contribution in [0.25, 0.3) is 22.1 Å². The van der Waals surface area contributed by atoms with Crippen LogP contribution in [0.2, 0.25) is 0 Å². The van der Waals surface area contributed by atoms with Crippen molar-refractivity contribution in [3.8, 4) is 0 Å². The number of aryl methyl sites for hydroxylation is 2. The van der Waals surface area contributed by atoms with Gasteiger partial charge in [-0.15, -0.1) is 0 Å². The topological polar surface area (TPSA) is 29.3 Å². The van der Waals surface area contributed by atoms with Crippen LogP contribution in [-0.4, -0.2) is 16.6 Å². The second kappa shape index (κ2) is 5.27. The molecule has 6 rings (SSSR count). The van der Waals surface area contributed by atoms with Crippen molar-refractivity contribution in [3.63, 3.8) is 0 Å². The Morgan fingerprint density at radius 3 is 2.52 bits per heavy atom. The minimum absolute atomic E-state index is 0.192. The quantitative estimate of drug-likeness (QED) is 0.502. The van der Waals surface area contributed by atoms with Gasteiger partial charge in [0.05, 0.1) is 5.69 Å². The van der Waals surface area contributed by atoms with Crippen LogP contribution < -0.4 is 4.90 Å². The zero-order valence-corrected chi connectivity index (χ0v) is 17.4. The fraction of sp³-hybridized carbons (Fsp3) is 0.542. The lowest BCUT2D eigenvalue weighted by Crippen LogP contribution is -2.68. The number of rotatable bonds is 1. The van der Waals surface area contributed by atoms with Crippen molar-refractivity contribution in [2.45, 2.75) is 72.4 Å². The van der Waals surface area contributed by atoms with E-state index in [1.54, 1.807) is 0 Å². The molecule has 4 heterocycles. The summed E-state index contributed by atoms with van der Waals surface area (Å²) in [6.45, 7) is 14.1. The Morgan fingerprint density at radius 2 is 1.78 bits per heavy atom. The third kappa shape index (κ3) is 2.11. The monoisotopic (exact) mass is 362 g/mol. The number of fused-ring (bicyclic) bond motifs is 6. The zero-order valence-electron chi connectivity index (χ0n) is 17.4. The molecule has 3 fully saturated rings. The van der Waals surface area contributed by atoms with E-state index >= 15 is 0 Å². The van der Waals surface area contributed by atoms with Gasteiger partial charge in [0.1, 0.15) is 0 Å². The van der Waals surface area contributed by atoms with Crippen molar-refractivity contribution in [1.29, 1.82) is 0 Å². The zero-order chi connectivity index (χ0) is 19.1. The maximum atomic E-state index is 6.41. The van der Waals surface area contributed by atoms with E-state index in [1.807, 2.05) is 6.92 Å². The summed E-state index contributed by atoms with van der Waals surface area (Å²) in [6.07, 6.45) is 3.82. The molecule has 2 saturated heterocycles. The fourth-order valence-corrected chi connectivity index (χ4v) is 6.04. The van der Waals surface area contributed by atoms with E-state index in [9.17, 15) is 0 Å². The second-order valence-electron chi connectivity index (χ2n) is 9.67. The van der Waals surface area contributed by atoms with Crippen LogP contribution in [0.1, 0.15) is 58.2 Å². The largest absolute Gasteiger partial charge is 0.436 e. The van der Waals surface area contributed by atoms with Crippen LogP contribution in [-0.2, 0) is 0 Å². The maximum absolute atomic E-state index is 6.41. The summed E-state index contributed by atoms with van der Waals surface area (Å²) in [5, 5.41) is 2.31. The number of nitrogens with zero attached hydrogens (tertiary/aromatic N) is 2.